The quantitative estimate of drug-likeness (QED) is 0.293. The summed E-state index contributed by atoms with van der Waals surface area (Å²) in [6.45, 7) is 7.07. The van der Waals surface area contributed by atoms with Gasteiger partial charge in [-0.25, -0.2) is 0 Å². The maximum absolute atomic E-state index is 11.2. The summed E-state index contributed by atoms with van der Waals surface area (Å²) in [5, 5.41) is 23.8. The van der Waals surface area contributed by atoms with Gasteiger partial charge in [-0.15, -0.1) is 0 Å². The van der Waals surface area contributed by atoms with Crippen molar-refractivity contribution < 1.29 is 14.8 Å². The number of carbonyl (C=O) groups is 1. The van der Waals surface area contributed by atoms with E-state index in [9.17, 15) is 4.79 Å². The van der Waals surface area contributed by atoms with Gasteiger partial charge < -0.3 is 20.7 Å². The molecule has 5 nitrogen and oxygen atoms in total. The minimum absolute atomic E-state index is 0.136. The molecule has 0 aromatic heterocycles. The zero-order valence-corrected chi connectivity index (χ0v) is 11.0. The van der Waals surface area contributed by atoms with Gasteiger partial charge in [0.15, 0.2) is 0 Å². The Hall–Kier alpha value is -1.63. The number of hydrogen-bond acceptors (Lipinski definition) is 4. The highest BCUT2D eigenvalue weighted by Gasteiger charge is 2.09. The topological polar surface area (TPSA) is 81.6 Å². The average Bonchev–Trinajstić information content (AvgIpc) is 2.38. The minimum atomic E-state index is -1.43. The van der Waals surface area contributed by atoms with Crippen LogP contribution in [-0.4, -0.2) is 36.2 Å². The first kappa shape index (κ1) is 15.4. The van der Waals surface area contributed by atoms with Crippen LogP contribution in [0.3, 0.4) is 0 Å². The Morgan fingerprint density at radius 3 is 2.42 bits per heavy atom. The van der Waals surface area contributed by atoms with Gasteiger partial charge in [-0.2, -0.15) is 0 Å². The molecular formula is C13H19BN2O3. The largest absolute Gasteiger partial charge is 0.488 e. The molecule has 0 aliphatic carbocycles. The van der Waals surface area contributed by atoms with Crippen LogP contribution in [0.2, 0.25) is 0 Å². The number of benzene rings is 1. The van der Waals surface area contributed by atoms with Crippen LogP contribution in [0.15, 0.2) is 36.4 Å². The zero-order chi connectivity index (χ0) is 14.3. The van der Waals surface area contributed by atoms with Crippen molar-refractivity contribution in [1.82, 2.24) is 10.6 Å². The molecule has 0 heterocycles. The summed E-state index contributed by atoms with van der Waals surface area (Å²) in [6.07, 6.45) is 0. The van der Waals surface area contributed by atoms with E-state index in [4.69, 9.17) is 10.0 Å². The molecule has 0 spiro atoms. The van der Waals surface area contributed by atoms with Gasteiger partial charge in [0.1, 0.15) is 0 Å². The van der Waals surface area contributed by atoms with Gasteiger partial charge in [0.25, 0.3) is 0 Å². The van der Waals surface area contributed by atoms with Crippen LogP contribution in [0, 0.1) is 0 Å². The maximum atomic E-state index is 11.2. The molecular weight excluding hydrogens is 243 g/mol. The molecule has 0 fully saturated rings. The average molecular weight is 262 g/mol. The first-order valence-corrected chi connectivity index (χ1v) is 6.10. The van der Waals surface area contributed by atoms with Gasteiger partial charge in [0.2, 0.25) is 5.91 Å². The summed E-state index contributed by atoms with van der Waals surface area (Å²) in [5.74, 6) is -0.136. The predicted octanol–water partition coefficient (Wildman–Crippen LogP) is -0.852. The molecule has 0 radical (unpaired) electrons. The summed E-state index contributed by atoms with van der Waals surface area (Å²) in [6, 6.07) is 7.00. The van der Waals surface area contributed by atoms with Crippen LogP contribution in [0.5, 0.6) is 0 Å². The Labute approximate surface area is 113 Å². The van der Waals surface area contributed by atoms with Crippen molar-refractivity contribution in [3.63, 3.8) is 0 Å². The van der Waals surface area contributed by atoms with Crippen LogP contribution in [0.4, 0.5) is 0 Å². The maximum Gasteiger partial charge on any atom is 0.488 e. The summed E-state index contributed by atoms with van der Waals surface area (Å²) in [5.41, 5.74) is 2.01. The molecule has 19 heavy (non-hydrogen) atoms. The third-order valence-corrected chi connectivity index (χ3v) is 2.58. The summed E-state index contributed by atoms with van der Waals surface area (Å²) >= 11 is 0. The minimum Gasteiger partial charge on any atom is -0.423 e. The van der Waals surface area contributed by atoms with Crippen molar-refractivity contribution in [2.45, 2.75) is 13.5 Å². The number of amides is 1. The second-order valence-corrected chi connectivity index (χ2v) is 4.33. The highest BCUT2D eigenvalue weighted by atomic mass is 16.4. The van der Waals surface area contributed by atoms with E-state index in [-0.39, 0.29) is 5.91 Å². The van der Waals surface area contributed by atoms with Crippen LogP contribution in [0.25, 0.3) is 0 Å². The lowest BCUT2D eigenvalue weighted by atomic mass is 9.80. The van der Waals surface area contributed by atoms with Crippen LogP contribution in [0.1, 0.15) is 12.5 Å². The second-order valence-electron chi connectivity index (χ2n) is 4.33. The number of carbonyl (C=O) groups excluding carboxylic acids is 1. The summed E-state index contributed by atoms with van der Waals surface area (Å²) in [7, 11) is -1.43. The van der Waals surface area contributed by atoms with E-state index in [1.807, 2.05) is 12.1 Å². The standard InChI is InChI=1S/C13H19BN2O3/c1-10(2)13(17)16-8-7-15-9-11-3-5-12(6-4-11)14(18)19/h3-6,15,18-19H,1,7-9H2,2H3,(H,16,17). The van der Waals surface area contributed by atoms with Gasteiger partial charge in [0, 0.05) is 25.2 Å². The van der Waals surface area contributed by atoms with Gasteiger partial charge >= 0.3 is 7.12 Å². The normalized spacial score (nSPS) is 10.1. The Kier molecular flexibility index (Phi) is 6.28. The SMILES string of the molecule is C=C(C)C(=O)NCCNCc1ccc(B(O)O)cc1. The van der Waals surface area contributed by atoms with Crippen molar-refractivity contribution in [3.8, 4) is 0 Å². The third kappa shape index (κ3) is 5.70. The van der Waals surface area contributed by atoms with Gasteiger partial charge in [-0.05, 0) is 17.9 Å². The van der Waals surface area contributed by atoms with Crippen molar-refractivity contribution in [2.24, 2.45) is 0 Å². The number of rotatable bonds is 7. The lowest BCUT2D eigenvalue weighted by Gasteiger charge is -2.07. The van der Waals surface area contributed by atoms with E-state index >= 15 is 0 Å². The Balaban J connectivity index is 2.22. The van der Waals surface area contributed by atoms with E-state index in [0.29, 0.717) is 30.7 Å². The molecule has 0 bridgehead atoms. The molecule has 102 valence electrons. The molecule has 1 rings (SSSR count). The fourth-order valence-corrected chi connectivity index (χ4v) is 1.46. The van der Waals surface area contributed by atoms with Crippen LogP contribution in [-0.2, 0) is 11.3 Å². The monoisotopic (exact) mass is 262 g/mol. The highest BCUT2D eigenvalue weighted by Crippen LogP contribution is 1.96. The fraction of sp³-hybridized carbons (Fsp3) is 0.308. The van der Waals surface area contributed by atoms with Crippen molar-refractivity contribution in [1.29, 1.82) is 0 Å². The fourth-order valence-electron chi connectivity index (χ4n) is 1.46. The number of hydrogen-bond donors (Lipinski definition) is 4. The lowest BCUT2D eigenvalue weighted by molar-refractivity contribution is -0.117. The van der Waals surface area contributed by atoms with Crippen molar-refractivity contribution in [3.05, 3.63) is 42.0 Å². The summed E-state index contributed by atoms with van der Waals surface area (Å²) in [4.78, 5) is 11.2. The molecule has 1 aromatic carbocycles. The van der Waals surface area contributed by atoms with E-state index in [0.717, 1.165) is 5.56 Å². The molecule has 0 aliphatic heterocycles. The molecule has 4 N–H and O–H groups in total. The van der Waals surface area contributed by atoms with Crippen molar-refractivity contribution >= 4 is 18.5 Å². The van der Waals surface area contributed by atoms with Gasteiger partial charge in [-0.3, -0.25) is 4.79 Å². The molecule has 0 aliphatic rings. The molecule has 0 saturated heterocycles. The van der Waals surface area contributed by atoms with Gasteiger partial charge in [-0.1, -0.05) is 30.8 Å². The van der Waals surface area contributed by atoms with E-state index in [1.54, 1.807) is 19.1 Å². The highest BCUT2D eigenvalue weighted by molar-refractivity contribution is 6.58. The molecule has 1 amide bonds. The van der Waals surface area contributed by atoms with E-state index in [2.05, 4.69) is 17.2 Å². The smallest absolute Gasteiger partial charge is 0.423 e. The Bertz CT molecular complexity index is 432. The van der Waals surface area contributed by atoms with E-state index < -0.39 is 7.12 Å². The second kappa shape index (κ2) is 7.73. The van der Waals surface area contributed by atoms with Crippen LogP contribution < -0.4 is 16.1 Å². The summed E-state index contributed by atoms with van der Waals surface area (Å²) < 4.78 is 0. The van der Waals surface area contributed by atoms with Crippen molar-refractivity contribution in [2.75, 3.05) is 13.1 Å². The Morgan fingerprint density at radius 1 is 1.26 bits per heavy atom. The first-order valence-electron chi connectivity index (χ1n) is 6.10. The Morgan fingerprint density at radius 2 is 1.89 bits per heavy atom. The predicted molar refractivity (Wildman–Crippen MR) is 75.8 cm³/mol. The molecule has 0 unspecified atom stereocenters. The molecule has 0 atom stereocenters. The number of nitrogens with one attached hydrogen (secondary N) is 2. The third-order valence-electron chi connectivity index (χ3n) is 2.58. The van der Waals surface area contributed by atoms with Gasteiger partial charge in [0.05, 0.1) is 0 Å². The zero-order valence-electron chi connectivity index (χ0n) is 11.0. The first-order chi connectivity index (χ1) is 9.00. The molecule has 0 saturated carbocycles. The van der Waals surface area contributed by atoms with E-state index in [1.165, 1.54) is 0 Å². The molecule has 6 heteroatoms. The van der Waals surface area contributed by atoms with Crippen LogP contribution >= 0.6 is 0 Å². The lowest BCUT2D eigenvalue weighted by Crippen LogP contribution is -2.32. The molecule has 1 aromatic rings.